The fourth-order valence-corrected chi connectivity index (χ4v) is 3.38. The van der Waals surface area contributed by atoms with Gasteiger partial charge in [-0.2, -0.15) is 0 Å². The first-order valence-electron chi connectivity index (χ1n) is 8.19. The first kappa shape index (κ1) is 15.6. The number of aromatic nitrogens is 2. The van der Waals surface area contributed by atoms with Gasteiger partial charge in [-0.1, -0.05) is 13.3 Å². The monoisotopic (exact) mass is 306 g/mol. The molecule has 122 valence electrons. The summed E-state index contributed by atoms with van der Waals surface area (Å²) >= 11 is 0. The highest BCUT2D eigenvalue weighted by Crippen LogP contribution is 2.37. The van der Waals surface area contributed by atoms with Crippen LogP contribution in [0.5, 0.6) is 0 Å². The molecule has 2 aliphatic rings. The third-order valence-electron chi connectivity index (χ3n) is 4.98. The zero-order valence-corrected chi connectivity index (χ0v) is 13.3. The van der Waals surface area contributed by atoms with Crippen LogP contribution in [0.15, 0.2) is 12.4 Å². The molecule has 2 fully saturated rings. The van der Waals surface area contributed by atoms with Crippen LogP contribution in [0.1, 0.15) is 31.7 Å². The molecule has 0 aromatic carbocycles. The molecule has 1 saturated heterocycles. The fraction of sp³-hybridized carbons (Fsp3) is 0.750. The summed E-state index contributed by atoms with van der Waals surface area (Å²) in [5.41, 5.74) is 1.10. The molecule has 0 radical (unpaired) electrons. The smallest absolute Gasteiger partial charge is 0.225 e. The number of nitrogens with one attached hydrogen (secondary N) is 1. The average Bonchev–Trinajstić information content (AvgIpc) is 2.96. The number of morpholine rings is 1. The number of aliphatic hydroxyl groups excluding tert-OH is 1. The molecule has 2 N–H and O–H groups in total. The molecule has 0 amide bonds. The molecule has 1 aliphatic heterocycles. The summed E-state index contributed by atoms with van der Waals surface area (Å²) < 4.78 is 5.34. The number of rotatable bonds is 5. The maximum absolute atomic E-state index is 9.59. The summed E-state index contributed by atoms with van der Waals surface area (Å²) in [5, 5.41) is 13.2. The van der Waals surface area contributed by atoms with Crippen LogP contribution in [0.2, 0.25) is 0 Å². The van der Waals surface area contributed by atoms with Crippen LogP contribution in [0.3, 0.4) is 0 Å². The third kappa shape index (κ3) is 3.39. The highest BCUT2D eigenvalue weighted by atomic mass is 16.5. The lowest BCUT2D eigenvalue weighted by Crippen LogP contribution is -2.41. The van der Waals surface area contributed by atoms with Crippen LogP contribution < -0.4 is 10.2 Å². The Bertz CT molecular complexity index is 476. The lowest BCUT2D eigenvalue weighted by atomic mass is 9.86. The van der Waals surface area contributed by atoms with Crippen molar-refractivity contribution in [1.29, 1.82) is 0 Å². The van der Waals surface area contributed by atoms with Gasteiger partial charge in [0.15, 0.2) is 0 Å². The Morgan fingerprint density at radius 1 is 1.36 bits per heavy atom. The molecule has 1 aliphatic carbocycles. The summed E-state index contributed by atoms with van der Waals surface area (Å²) in [6, 6.07) is 0.372. The third-order valence-corrected chi connectivity index (χ3v) is 4.98. The van der Waals surface area contributed by atoms with Crippen LogP contribution >= 0.6 is 0 Å². The number of aliphatic hydroxyl groups is 1. The standard InChI is InChI=1S/C16H26N4O2/c1-16(12-21)4-2-3-14(16)17-9-13-10-18-15(19-11-13)20-5-7-22-8-6-20/h10-11,14,17,21H,2-9,12H2,1H3/t14-,16-/m0/s1. The molecule has 0 spiro atoms. The minimum absolute atomic E-state index is 0.00853. The molecule has 1 saturated carbocycles. The number of nitrogens with zero attached hydrogens (tertiary/aromatic N) is 3. The van der Waals surface area contributed by atoms with Crippen LogP contribution in [-0.4, -0.2) is 54.0 Å². The van der Waals surface area contributed by atoms with Gasteiger partial charge in [0.1, 0.15) is 0 Å². The van der Waals surface area contributed by atoms with Crippen molar-refractivity contribution in [3.05, 3.63) is 18.0 Å². The van der Waals surface area contributed by atoms with Crippen molar-refractivity contribution in [2.75, 3.05) is 37.8 Å². The number of hydrogen-bond acceptors (Lipinski definition) is 6. The highest BCUT2D eigenvalue weighted by molar-refractivity contribution is 5.30. The van der Waals surface area contributed by atoms with Crippen molar-refractivity contribution in [3.8, 4) is 0 Å². The fourth-order valence-electron chi connectivity index (χ4n) is 3.38. The van der Waals surface area contributed by atoms with Crippen LogP contribution in [0.4, 0.5) is 5.95 Å². The molecule has 0 unspecified atom stereocenters. The van der Waals surface area contributed by atoms with Crippen molar-refractivity contribution >= 4 is 5.95 Å². The van der Waals surface area contributed by atoms with Gasteiger partial charge < -0.3 is 20.1 Å². The molecule has 3 rings (SSSR count). The lowest BCUT2D eigenvalue weighted by Gasteiger charge is -2.30. The zero-order valence-electron chi connectivity index (χ0n) is 13.3. The number of anilines is 1. The van der Waals surface area contributed by atoms with Gasteiger partial charge in [0, 0.05) is 55.7 Å². The molecule has 2 atom stereocenters. The summed E-state index contributed by atoms with van der Waals surface area (Å²) in [5.74, 6) is 0.785. The van der Waals surface area contributed by atoms with E-state index in [4.69, 9.17) is 4.74 Å². The molecule has 2 heterocycles. The largest absolute Gasteiger partial charge is 0.396 e. The first-order chi connectivity index (χ1) is 10.7. The van der Waals surface area contributed by atoms with Gasteiger partial charge in [-0.15, -0.1) is 0 Å². The van der Waals surface area contributed by atoms with Gasteiger partial charge in [-0.05, 0) is 12.8 Å². The van der Waals surface area contributed by atoms with Crippen LogP contribution in [0.25, 0.3) is 0 Å². The molecule has 6 heteroatoms. The molecule has 22 heavy (non-hydrogen) atoms. The second kappa shape index (κ2) is 6.89. The summed E-state index contributed by atoms with van der Waals surface area (Å²) in [4.78, 5) is 11.1. The Labute approximate surface area is 131 Å². The molecule has 1 aromatic heterocycles. The minimum Gasteiger partial charge on any atom is -0.396 e. The number of hydrogen-bond donors (Lipinski definition) is 2. The van der Waals surface area contributed by atoms with E-state index in [1.807, 2.05) is 12.4 Å². The second-order valence-corrected chi connectivity index (χ2v) is 6.63. The van der Waals surface area contributed by atoms with Crippen molar-refractivity contribution < 1.29 is 9.84 Å². The van der Waals surface area contributed by atoms with Crippen molar-refractivity contribution in [3.63, 3.8) is 0 Å². The molecule has 1 aromatic rings. The van der Waals surface area contributed by atoms with Crippen molar-refractivity contribution in [2.45, 2.75) is 38.8 Å². The van der Waals surface area contributed by atoms with E-state index in [2.05, 4.69) is 27.1 Å². The summed E-state index contributed by atoms with van der Waals surface area (Å²) in [7, 11) is 0. The Balaban J connectivity index is 1.55. The van der Waals surface area contributed by atoms with E-state index in [0.717, 1.165) is 57.2 Å². The van der Waals surface area contributed by atoms with Crippen LogP contribution in [-0.2, 0) is 11.3 Å². The van der Waals surface area contributed by atoms with E-state index in [-0.39, 0.29) is 12.0 Å². The molecular formula is C16H26N4O2. The summed E-state index contributed by atoms with van der Waals surface area (Å²) in [6.45, 7) is 6.36. The van der Waals surface area contributed by atoms with Gasteiger partial charge in [0.05, 0.1) is 13.2 Å². The maximum atomic E-state index is 9.59. The van der Waals surface area contributed by atoms with E-state index < -0.39 is 0 Å². The number of ether oxygens (including phenoxy) is 1. The quantitative estimate of drug-likeness (QED) is 0.844. The van der Waals surface area contributed by atoms with Gasteiger partial charge in [-0.3, -0.25) is 0 Å². The van der Waals surface area contributed by atoms with Crippen molar-refractivity contribution in [1.82, 2.24) is 15.3 Å². The molecular weight excluding hydrogens is 280 g/mol. The van der Waals surface area contributed by atoms with E-state index in [0.29, 0.717) is 6.04 Å². The summed E-state index contributed by atoms with van der Waals surface area (Å²) in [6.07, 6.45) is 7.20. The predicted octanol–water partition coefficient (Wildman–Crippen LogP) is 0.954. The minimum atomic E-state index is 0.00853. The van der Waals surface area contributed by atoms with Gasteiger partial charge >= 0.3 is 0 Å². The second-order valence-electron chi connectivity index (χ2n) is 6.63. The molecule has 6 nitrogen and oxygen atoms in total. The van der Waals surface area contributed by atoms with Gasteiger partial charge in [-0.25, -0.2) is 9.97 Å². The Morgan fingerprint density at radius 2 is 2.09 bits per heavy atom. The van der Waals surface area contributed by atoms with Crippen LogP contribution in [0, 0.1) is 5.41 Å². The van der Waals surface area contributed by atoms with E-state index >= 15 is 0 Å². The Hall–Kier alpha value is -1.24. The predicted molar refractivity (Wildman–Crippen MR) is 84.7 cm³/mol. The highest BCUT2D eigenvalue weighted by Gasteiger charge is 2.37. The first-order valence-corrected chi connectivity index (χ1v) is 8.19. The lowest BCUT2D eigenvalue weighted by molar-refractivity contribution is 0.118. The topological polar surface area (TPSA) is 70.5 Å². The van der Waals surface area contributed by atoms with E-state index in [1.54, 1.807) is 0 Å². The van der Waals surface area contributed by atoms with Gasteiger partial charge in [0.25, 0.3) is 0 Å². The van der Waals surface area contributed by atoms with Gasteiger partial charge in [0.2, 0.25) is 5.95 Å². The maximum Gasteiger partial charge on any atom is 0.225 e. The zero-order chi connectivity index (χ0) is 15.4. The van der Waals surface area contributed by atoms with E-state index in [1.165, 1.54) is 6.42 Å². The van der Waals surface area contributed by atoms with Crippen molar-refractivity contribution in [2.24, 2.45) is 5.41 Å². The molecule has 0 bridgehead atoms. The SMILES string of the molecule is C[C@@]1(CO)CCC[C@@H]1NCc1cnc(N2CCOCC2)nc1. The Morgan fingerprint density at radius 3 is 2.77 bits per heavy atom. The Kier molecular flexibility index (Phi) is 4.90. The van der Waals surface area contributed by atoms with E-state index in [9.17, 15) is 5.11 Å². The normalized spacial score (nSPS) is 29.0. The average molecular weight is 306 g/mol.